The van der Waals surface area contributed by atoms with Crippen LogP contribution >= 0.6 is 34.8 Å². The van der Waals surface area contributed by atoms with Crippen molar-refractivity contribution < 1.29 is 0 Å². The third-order valence-electron chi connectivity index (χ3n) is 3.91. The number of anilines is 1. The molecule has 116 valence electrons. The highest BCUT2D eigenvalue weighted by Crippen LogP contribution is 2.29. The zero-order valence-electron chi connectivity index (χ0n) is 12.0. The minimum Gasteiger partial charge on any atom is -0.367 e. The fourth-order valence-electron chi connectivity index (χ4n) is 2.60. The first-order chi connectivity index (χ1) is 10.6. The second kappa shape index (κ2) is 7.10. The molecule has 2 aromatic rings. The first-order valence-corrected chi connectivity index (χ1v) is 8.41. The summed E-state index contributed by atoms with van der Waals surface area (Å²) in [5.41, 5.74) is 2.14. The van der Waals surface area contributed by atoms with Gasteiger partial charge in [-0.15, -0.1) is 0 Å². The molecular weight excluding hydrogens is 339 g/mol. The Morgan fingerprint density at radius 3 is 2.50 bits per heavy atom. The lowest BCUT2D eigenvalue weighted by Crippen LogP contribution is -2.48. The second-order valence-corrected chi connectivity index (χ2v) is 6.82. The van der Waals surface area contributed by atoms with E-state index in [1.165, 1.54) is 0 Å². The van der Waals surface area contributed by atoms with Crippen LogP contribution in [0.3, 0.4) is 0 Å². The maximum Gasteiger partial charge on any atom is 0.0642 e. The number of hydrogen-bond acceptors (Lipinski definition) is 2. The van der Waals surface area contributed by atoms with E-state index in [9.17, 15) is 0 Å². The van der Waals surface area contributed by atoms with Crippen molar-refractivity contribution in [3.63, 3.8) is 0 Å². The molecule has 2 aromatic carbocycles. The van der Waals surface area contributed by atoms with Gasteiger partial charge in [-0.25, -0.2) is 0 Å². The highest BCUT2D eigenvalue weighted by Gasteiger charge is 2.21. The van der Waals surface area contributed by atoms with Gasteiger partial charge in [0.05, 0.1) is 10.0 Å². The zero-order valence-corrected chi connectivity index (χ0v) is 14.3. The van der Waals surface area contributed by atoms with Gasteiger partial charge in [-0.05, 0) is 29.8 Å². The third-order valence-corrected chi connectivity index (χ3v) is 5.00. The van der Waals surface area contributed by atoms with Gasteiger partial charge in [0.25, 0.3) is 0 Å². The summed E-state index contributed by atoms with van der Waals surface area (Å²) in [6, 6.07) is 13.7. The van der Waals surface area contributed by atoms with E-state index in [1.54, 1.807) is 0 Å². The van der Waals surface area contributed by atoms with Crippen LogP contribution in [0.2, 0.25) is 15.1 Å². The van der Waals surface area contributed by atoms with Gasteiger partial charge in [-0.1, -0.05) is 53.0 Å². The van der Waals surface area contributed by atoms with Gasteiger partial charge in [-0.3, -0.25) is 0 Å². The van der Waals surface area contributed by atoms with E-state index in [0.29, 0.717) is 16.0 Å². The maximum atomic E-state index is 6.34. The van der Waals surface area contributed by atoms with E-state index in [2.05, 4.69) is 16.3 Å². The lowest BCUT2D eigenvalue weighted by molar-refractivity contribution is 0.348. The predicted octanol–water partition coefficient (Wildman–Crippen LogP) is 4.87. The van der Waals surface area contributed by atoms with Crippen LogP contribution in [0.5, 0.6) is 0 Å². The van der Waals surface area contributed by atoms with Crippen molar-refractivity contribution in [1.82, 2.24) is 5.32 Å². The van der Waals surface area contributed by atoms with E-state index >= 15 is 0 Å². The Balaban J connectivity index is 1.86. The number of nitrogens with one attached hydrogen (secondary N) is 1. The van der Waals surface area contributed by atoms with Gasteiger partial charge >= 0.3 is 0 Å². The molecule has 0 radical (unpaired) electrons. The molecule has 0 atom stereocenters. The Kier molecular flexibility index (Phi) is 5.14. The standard InChI is InChI=1S/C17H17Cl3N2/c18-14-4-2-5-15(7-14)22(10-12-8-21-9-12)11-13-3-1-6-16(19)17(13)20/h1-7,12,21H,8-11H2. The topological polar surface area (TPSA) is 15.3 Å². The van der Waals surface area contributed by atoms with Crippen LogP contribution < -0.4 is 10.2 Å². The first-order valence-electron chi connectivity index (χ1n) is 7.27. The van der Waals surface area contributed by atoms with Crippen LogP contribution in [0.4, 0.5) is 5.69 Å². The van der Waals surface area contributed by atoms with Crippen LogP contribution in [0, 0.1) is 5.92 Å². The molecule has 0 aromatic heterocycles. The van der Waals surface area contributed by atoms with E-state index < -0.39 is 0 Å². The van der Waals surface area contributed by atoms with Gasteiger partial charge in [0.15, 0.2) is 0 Å². The van der Waals surface area contributed by atoms with Crippen molar-refractivity contribution in [3.8, 4) is 0 Å². The average molecular weight is 356 g/mol. The summed E-state index contributed by atoms with van der Waals surface area (Å²) in [7, 11) is 0. The van der Waals surface area contributed by atoms with Gasteiger partial charge in [-0.2, -0.15) is 0 Å². The predicted molar refractivity (Wildman–Crippen MR) is 95.3 cm³/mol. The number of nitrogens with zero attached hydrogens (tertiary/aromatic N) is 1. The Hall–Kier alpha value is -0.930. The summed E-state index contributed by atoms with van der Waals surface area (Å²) >= 11 is 18.6. The Labute approximate surface area is 146 Å². The van der Waals surface area contributed by atoms with Gasteiger partial charge in [0, 0.05) is 42.8 Å². The van der Waals surface area contributed by atoms with Crippen LogP contribution in [0.1, 0.15) is 5.56 Å². The molecule has 0 bridgehead atoms. The Morgan fingerprint density at radius 1 is 1.05 bits per heavy atom. The molecule has 1 aliphatic rings. The molecule has 5 heteroatoms. The molecule has 0 unspecified atom stereocenters. The Morgan fingerprint density at radius 2 is 1.82 bits per heavy atom. The van der Waals surface area contributed by atoms with Crippen molar-refractivity contribution in [2.45, 2.75) is 6.54 Å². The molecule has 1 heterocycles. The summed E-state index contributed by atoms with van der Waals surface area (Å²) in [4.78, 5) is 2.31. The zero-order chi connectivity index (χ0) is 15.5. The lowest BCUT2D eigenvalue weighted by Gasteiger charge is -2.35. The minimum atomic E-state index is 0.593. The second-order valence-electron chi connectivity index (χ2n) is 5.60. The smallest absolute Gasteiger partial charge is 0.0642 e. The highest BCUT2D eigenvalue weighted by atomic mass is 35.5. The molecule has 1 saturated heterocycles. The van der Waals surface area contributed by atoms with E-state index in [-0.39, 0.29) is 0 Å². The molecule has 22 heavy (non-hydrogen) atoms. The van der Waals surface area contributed by atoms with Crippen molar-refractivity contribution in [1.29, 1.82) is 0 Å². The van der Waals surface area contributed by atoms with Crippen LogP contribution in [-0.2, 0) is 6.54 Å². The monoisotopic (exact) mass is 354 g/mol. The normalized spacial score (nSPS) is 14.7. The molecule has 0 aliphatic carbocycles. The van der Waals surface area contributed by atoms with Crippen molar-refractivity contribution >= 4 is 40.5 Å². The fourth-order valence-corrected chi connectivity index (χ4v) is 3.16. The SMILES string of the molecule is Clc1cccc(N(Cc2cccc(Cl)c2Cl)CC2CNC2)c1. The summed E-state index contributed by atoms with van der Waals surface area (Å²) in [5.74, 6) is 0.650. The molecule has 1 fully saturated rings. The van der Waals surface area contributed by atoms with Gasteiger partial charge in [0.2, 0.25) is 0 Å². The highest BCUT2D eigenvalue weighted by molar-refractivity contribution is 6.42. The molecule has 1 N–H and O–H groups in total. The number of benzene rings is 2. The van der Waals surface area contributed by atoms with E-state index in [0.717, 1.165) is 42.5 Å². The summed E-state index contributed by atoms with van der Waals surface area (Å²) in [5, 5.41) is 5.28. The third kappa shape index (κ3) is 3.69. The largest absolute Gasteiger partial charge is 0.367 e. The number of hydrogen-bond donors (Lipinski definition) is 1. The van der Waals surface area contributed by atoms with Crippen LogP contribution in [0.25, 0.3) is 0 Å². The average Bonchev–Trinajstić information content (AvgIpc) is 2.46. The first kappa shape index (κ1) is 15.9. The molecular formula is C17H17Cl3N2. The Bertz CT molecular complexity index is 656. The van der Waals surface area contributed by atoms with E-state index in [4.69, 9.17) is 34.8 Å². The van der Waals surface area contributed by atoms with Crippen molar-refractivity contribution in [2.75, 3.05) is 24.5 Å². The number of rotatable bonds is 5. The lowest BCUT2D eigenvalue weighted by atomic mass is 10.0. The van der Waals surface area contributed by atoms with Gasteiger partial charge < -0.3 is 10.2 Å². The van der Waals surface area contributed by atoms with Gasteiger partial charge in [0.1, 0.15) is 0 Å². The minimum absolute atomic E-state index is 0.593. The molecule has 2 nitrogen and oxygen atoms in total. The molecule has 0 amide bonds. The number of halogens is 3. The molecule has 1 aliphatic heterocycles. The molecule has 3 rings (SSSR count). The van der Waals surface area contributed by atoms with Crippen molar-refractivity contribution in [3.05, 3.63) is 63.1 Å². The van der Waals surface area contributed by atoms with Crippen LogP contribution in [0.15, 0.2) is 42.5 Å². The summed E-state index contributed by atoms with van der Waals surface area (Å²) in [6.45, 7) is 3.80. The molecule has 0 spiro atoms. The summed E-state index contributed by atoms with van der Waals surface area (Å²) in [6.07, 6.45) is 0. The summed E-state index contributed by atoms with van der Waals surface area (Å²) < 4.78 is 0. The van der Waals surface area contributed by atoms with Crippen LogP contribution in [-0.4, -0.2) is 19.6 Å². The van der Waals surface area contributed by atoms with Crippen molar-refractivity contribution in [2.24, 2.45) is 5.92 Å². The quantitative estimate of drug-likeness (QED) is 0.823. The maximum absolute atomic E-state index is 6.34. The fraction of sp³-hybridized carbons (Fsp3) is 0.294. The molecule has 0 saturated carbocycles. The van der Waals surface area contributed by atoms with E-state index in [1.807, 2.05) is 36.4 Å².